The van der Waals surface area contributed by atoms with Crippen LogP contribution < -0.4 is 18.9 Å². The lowest BCUT2D eigenvalue weighted by Crippen LogP contribution is -2.28. The fourth-order valence-electron chi connectivity index (χ4n) is 8.96. The van der Waals surface area contributed by atoms with Gasteiger partial charge in [0.2, 0.25) is 23.6 Å². The number of unbranched alkanes of at least 4 members (excludes halogenated alkanes) is 2. The van der Waals surface area contributed by atoms with E-state index in [1.807, 2.05) is 134 Å². The Bertz CT molecular complexity index is 3080. The minimum Gasteiger partial charge on any atom is -0.494 e. The Hall–Kier alpha value is -8.90. The Morgan fingerprint density at radius 1 is 0.324 bits per heavy atom. The summed E-state index contributed by atoms with van der Waals surface area (Å²) in [5.74, 6) is 5.08. The Labute approximate surface area is 411 Å². The van der Waals surface area contributed by atoms with Crippen molar-refractivity contribution >= 4 is 0 Å². The van der Waals surface area contributed by atoms with Gasteiger partial charge in [-0.3, -0.25) is 9.97 Å². The number of aromatic nitrogens is 6. The first kappa shape index (κ1) is 44.6. The van der Waals surface area contributed by atoms with E-state index in [1.165, 1.54) is 0 Å². The molecule has 12 nitrogen and oxygen atoms in total. The highest BCUT2D eigenvalue weighted by molar-refractivity contribution is 5.81. The summed E-state index contributed by atoms with van der Waals surface area (Å²) >= 11 is 0. The van der Waals surface area contributed by atoms with Crippen LogP contribution in [0.3, 0.4) is 0 Å². The number of fused-ring (bicyclic) bond motifs is 3. The fourth-order valence-corrected chi connectivity index (χ4v) is 8.96. The Morgan fingerprint density at radius 3 is 0.972 bits per heavy atom. The van der Waals surface area contributed by atoms with Gasteiger partial charge in [0, 0.05) is 34.6 Å². The van der Waals surface area contributed by atoms with E-state index in [-0.39, 0.29) is 0 Å². The van der Waals surface area contributed by atoms with Crippen molar-refractivity contribution in [1.29, 1.82) is 0 Å². The van der Waals surface area contributed by atoms with Gasteiger partial charge < -0.3 is 27.8 Å². The van der Waals surface area contributed by atoms with Gasteiger partial charge in [0.15, 0.2) is 0 Å². The fraction of sp³-hybridized carbons (Fsp3) is 0.153. The van der Waals surface area contributed by atoms with Crippen LogP contribution in [0.25, 0.3) is 57.2 Å². The molecule has 71 heavy (non-hydrogen) atoms. The second kappa shape index (κ2) is 20.8. The number of hydrogen-bond donors (Lipinski definition) is 0. The molecular formula is C59H48N6O6. The zero-order valence-electron chi connectivity index (χ0n) is 38.8. The molecule has 0 N–H and O–H groups in total. The lowest BCUT2D eigenvalue weighted by atomic mass is 9.68. The molecule has 0 saturated heterocycles. The summed E-state index contributed by atoms with van der Waals surface area (Å²) < 4.78 is 36.4. The van der Waals surface area contributed by atoms with Gasteiger partial charge in [-0.05, 0) is 157 Å². The van der Waals surface area contributed by atoms with Crippen molar-refractivity contribution in [3.05, 3.63) is 217 Å². The van der Waals surface area contributed by atoms with Gasteiger partial charge in [-0.15, -0.1) is 20.4 Å². The van der Waals surface area contributed by atoms with E-state index in [1.54, 1.807) is 0 Å². The first-order valence-corrected chi connectivity index (χ1v) is 23.8. The average molecular weight is 937 g/mol. The number of nitrogens with zero attached hydrogens (tertiary/aromatic N) is 6. The summed E-state index contributed by atoms with van der Waals surface area (Å²) in [4.78, 5) is 9.71. The monoisotopic (exact) mass is 936 g/mol. The molecule has 0 atom stereocenters. The molecule has 1 aliphatic rings. The maximum atomic E-state index is 6.25. The van der Waals surface area contributed by atoms with Crippen LogP contribution in [0.1, 0.15) is 47.9 Å². The second-order valence-electron chi connectivity index (χ2n) is 17.0. The first-order valence-electron chi connectivity index (χ1n) is 23.8. The van der Waals surface area contributed by atoms with Crippen molar-refractivity contribution in [3.8, 4) is 80.2 Å². The van der Waals surface area contributed by atoms with Gasteiger partial charge in [0.1, 0.15) is 23.0 Å². The van der Waals surface area contributed by atoms with Gasteiger partial charge in [-0.2, -0.15) is 0 Å². The molecule has 11 rings (SSSR count). The zero-order chi connectivity index (χ0) is 47.7. The molecular weight excluding hydrogens is 889 g/mol. The summed E-state index contributed by atoms with van der Waals surface area (Å²) in [6.45, 7) is 2.27. The molecule has 0 bridgehead atoms. The predicted molar refractivity (Wildman–Crippen MR) is 270 cm³/mol. The zero-order valence-corrected chi connectivity index (χ0v) is 38.8. The van der Waals surface area contributed by atoms with E-state index >= 15 is 0 Å². The minimum absolute atomic E-state index is 0.467. The second-order valence-corrected chi connectivity index (χ2v) is 17.0. The molecule has 4 heterocycles. The topological polar surface area (TPSA) is 141 Å². The van der Waals surface area contributed by atoms with Crippen molar-refractivity contribution in [2.75, 3.05) is 26.4 Å². The van der Waals surface area contributed by atoms with E-state index in [2.05, 4.69) is 81.1 Å². The van der Waals surface area contributed by atoms with Gasteiger partial charge in [0.25, 0.3) is 0 Å². The van der Waals surface area contributed by atoms with Crippen LogP contribution in [0, 0.1) is 0 Å². The van der Waals surface area contributed by atoms with Crippen LogP contribution in [0.5, 0.6) is 23.0 Å². The molecule has 0 aliphatic heterocycles. The van der Waals surface area contributed by atoms with Gasteiger partial charge in [-0.1, -0.05) is 72.8 Å². The average Bonchev–Trinajstić information content (AvgIpc) is 4.21. The summed E-state index contributed by atoms with van der Waals surface area (Å²) in [5.41, 5.74) is 8.91. The van der Waals surface area contributed by atoms with Crippen LogP contribution in [-0.2, 0) is 5.41 Å². The quantitative estimate of drug-likeness (QED) is 0.0672. The smallest absolute Gasteiger partial charge is 0.248 e. The van der Waals surface area contributed by atoms with Crippen molar-refractivity contribution in [2.45, 2.75) is 31.1 Å². The number of pyridine rings is 2. The molecule has 0 radical (unpaired) electrons. The molecule has 0 fully saturated rings. The molecule has 0 unspecified atom stereocenters. The Kier molecular flexibility index (Phi) is 13.0. The summed E-state index contributed by atoms with van der Waals surface area (Å²) in [7, 11) is 0. The van der Waals surface area contributed by atoms with Crippen LogP contribution in [0.15, 0.2) is 203 Å². The number of benzene rings is 6. The number of ether oxygens (including phenoxy) is 4. The highest BCUT2D eigenvalue weighted by atomic mass is 16.5. The number of hydrogen-bond acceptors (Lipinski definition) is 12. The van der Waals surface area contributed by atoms with Gasteiger partial charge >= 0.3 is 0 Å². The van der Waals surface area contributed by atoms with E-state index in [0.717, 1.165) is 105 Å². The van der Waals surface area contributed by atoms with Gasteiger partial charge in [-0.25, -0.2) is 0 Å². The molecule has 10 aromatic rings. The lowest BCUT2D eigenvalue weighted by molar-refractivity contribution is 0.266. The molecule has 0 spiro atoms. The van der Waals surface area contributed by atoms with E-state index in [0.29, 0.717) is 50.0 Å². The van der Waals surface area contributed by atoms with Crippen molar-refractivity contribution in [1.82, 2.24) is 30.4 Å². The molecule has 4 aromatic heterocycles. The highest BCUT2D eigenvalue weighted by Gasteiger charge is 2.47. The van der Waals surface area contributed by atoms with Crippen LogP contribution in [-0.4, -0.2) is 56.8 Å². The third kappa shape index (κ3) is 9.60. The molecule has 0 amide bonds. The molecule has 0 saturated carbocycles. The summed E-state index contributed by atoms with van der Waals surface area (Å²) in [5, 5.41) is 16.8. The van der Waals surface area contributed by atoms with Gasteiger partial charge in [0.05, 0.1) is 43.2 Å². The molecule has 12 heteroatoms. The van der Waals surface area contributed by atoms with E-state index < -0.39 is 5.41 Å². The highest BCUT2D eigenvalue weighted by Crippen LogP contribution is 2.55. The third-order valence-corrected chi connectivity index (χ3v) is 12.5. The molecule has 350 valence electrons. The minimum atomic E-state index is -0.651. The molecule has 1 aliphatic carbocycles. The largest absolute Gasteiger partial charge is 0.494 e. The summed E-state index contributed by atoms with van der Waals surface area (Å²) in [6.07, 6.45) is 7.02. The first-order chi connectivity index (χ1) is 35.2. The third-order valence-electron chi connectivity index (χ3n) is 12.5. The Balaban J connectivity index is 0.676. The van der Waals surface area contributed by atoms with Crippen molar-refractivity contribution in [3.63, 3.8) is 0 Å². The van der Waals surface area contributed by atoms with Crippen molar-refractivity contribution < 1.29 is 27.8 Å². The maximum absolute atomic E-state index is 6.25. The standard InChI is InChI=1S/C59H48N6O6/c1-3-13-41(14-4-1)55-62-64-57(70-55)43-19-27-47(28-20-43)66-37-7-9-39-68-49-31-23-45(24-32-49)59(51-17-11-35-60-53(51)54-52(59)18-12-36-61-54)46-25-33-50(34-26-46)69-40-10-8-38-67-48-29-21-44(22-30-48)58-65-63-56(71-58)42-15-5-2-6-16-42/h1-6,11-36H,7-10,37-40H2. The Morgan fingerprint density at radius 2 is 0.634 bits per heavy atom. The molecule has 6 aromatic carbocycles. The van der Waals surface area contributed by atoms with E-state index in [4.69, 9.17) is 37.7 Å². The summed E-state index contributed by atoms with van der Waals surface area (Å²) in [6, 6.07) is 60.1. The lowest BCUT2D eigenvalue weighted by Gasteiger charge is -2.33. The SMILES string of the molecule is c1ccc(-c2nnc(-c3ccc(OCCCCOc4ccc(C5(c6ccc(OCCCCOc7ccc(-c8nnc(-c9ccccc9)o8)cc7)cc6)c6cccnc6-c6ncccc65)cc4)cc3)o2)cc1. The van der Waals surface area contributed by atoms with Crippen molar-refractivity contribution in [2.24, 2.45) is 0 Å². The van der Waals surface area contributed by atoms with E-state index in [9.17, 15) is 0 Å². The van der Waals surface area contributed by atoms with Crippen LogP contribution in [0.2, 0.25) is 0 Å². The van der Waals surface area contributed by atoms with Crippen LogP contribution in [0.4, 0.5) is 0 Å². The maximum Gasteiger partial charge on any atom is 0.248 e. The van der Waals surface area contributed by atoms with Crippen LogP contribution >= 0.6 is 0 Å². The number of rotatable bonds is 20. The predicted octanol–water partition coefficient (Wildman–Crippen LogP) is 12.7. The normalized spacial score (nSPS) is 12.2.